The van der Waals surface area contributed by atoms with E-state index in [2.05, 4.69) is 4.57 Å². The van der Waals surface area contributed by atoms with Crippen LogP contribution in [0.2, 0.25) is 0 Å². The van der Waals surface area contributed by atoms with Crippen molar-refractivity contribution >= 4 is 5.97 Å². The fraction of sp³-hybridized carbons (Fsp3) is 0.643. The Balaban J connectivity index is 2.11. The molecule has 4 heteroatoms. The number of esters is 1. The van der Waals surface area contributed by atoms with Gasteiger partial charge in [-0.15, -0.1) is 0 Å². The predicted molar refractivity (Wildman–Crippen MR) is 68.3 cm³/mol. The van der Waals surface area contributed by atoms with Gasteiger partial charge in [0.2, 0.25) is 0 Å². The molecule has 0 saturated heterocycles. The molecule has 1 heterocycles. The number of rotatable bonds is 4. The molecule has 18 heavy (non-hydrogen) atoms. The van der Waals surface area contributed by atoms with Crippen molar-refractivity contribution in [1.82, 2.24) is 4.57 Å². The topological polar surface area (TPSA) is 51.5 Å². The Morgan fingerprint density at radius 2 is 2.39 bits per heavy atom. The quantitative estimate of drug-likeness (QED) is 0.834. The molecule has 0 aliphatic heterocycles. The molecule has 0 bridgehead atoms. The lowest BCUT2D eigenvalue weighted by Crippen LogP contribution is -2.15. The fourth-order valence-electron chi connectivity index (χ4n) is 2.69. The van der Waals surface area contributed by atoms with Crippen LogP contribution >= 0.6 is 0 Å². The van der Waals surface area contributed by atoms with E-state index in [0.29, 0.717) is 19.6 Å². The van der Waals surface area contributed by atoms with E-state index < -0.39 is 0 Å². The molecule has 1 aromatic rings. The summed E-state index contributed by atoms with van der Waals surface area (Å²) in [5.41, 5.74) is 3.35. The first kappa shape index (κ1) is 13.1. The maximum absolute atomic E-state index is 11.4. The minimum atomic E-state index is -0.337. The summed E-state index contributed by atoms with van der Waals surface area (Å²) < 4.78 is 7.09. The second-order valence-corrected chi connectivity index (χ2v) is 4.80. The maximum atomic E-state index is 11.4. The van der Waals surface area contributed by atoms with Crippen LogP contribution in [-0.2, 0) is 22.5 Å². The van der Waals surface area contributed by atoms with E-state index in [1.54, 1.807) is 0 Å². The van der Waals surface area contributed by atoms with Crippen molar-refractivity contribution in [3.05, 3.63) is 23.0 Å². The van der Waals surface area contributed by atoms with Gasteiger partial charge in [-0.1, -0.05) is 0 Å². The third-order valence-electron chi connectivity index (χ3n) is 3.54. The average molecular weight is 251 g/mol. The standard InChI is InChI=1S/C14H21NO3/c1-3-18-14(17)7-8-15-10(2)9-11-12(15)5-4-6-13(11)16/h9,13,16H,3-8H2,1-2H3. The molecule has 0 saturated carbocycles. The highest BCUT2D eigenvalue weighted by molar-refractivity contribution is 5.69. The number of carbonyl (C=O) groups excluding carboxylic acids is 1. The summed E-state index contributed by atoms with van der Waals surface area (Å²) in [6.45, 7) is 4.92. The molecule has 0 radical (unpaired) electrons. The molecular weight excluding hydrogens is 230 g/mol. The molecule has 1 unspecified atom stereocenters. The van der Waals surface area contributed by atoms with Crippen LogP contribution in [0, 0.1) is 6.92 Å². The lowest BCUT2D eigenvalue weighted by Gasteiger charge is -2.20. The van der Waals surface area contributed by atoms with Gasteiger partial charge < -0.3 is 14.4 Å². The first-order valence-corrected chi connectivity index (χ1v) is 6.66. The van der Waals surface area contributed by atoms with Gasteiger partial charge in [0.25, 0.3) is 0 Å². The molecule has 0 aromatic carbocycles. The molecule has 100 valence electrons. The van der Waals surface area contributed by atoms with Crippen LogP contribution in [0.3, 0.4) is 0 Å². The summed E-state index contributed by atoms with van der Waals surface area (Å²) in [5, 5.41) is 9.96. The Morgan fingerprint density at radius 3 is 3.11 bits per heavy atom. The minimum Gasteiger partial charge on any atom is -0.466 e. The number of nitrogens with zero attached hydrogens (tertiary/aromatic N) is 1. The van der Waals surface area contributed by atoms with Crippen LogP contribution < -0.4 is 0 Å². The highest BCUT2D eigenvalue weighted by atomic mass is 16.5. The number of ether oxygens (including phenoxy) is 1. The Labute approximate surface area is 108 Å². The summed E-state index contributed by atoms with van der Waals surface area (Å²) in [7, 11) is 0. The molecule has 4 nitrogen and oxygen atoms in total. The van der Waals surface area contributed by atoms with Crippen LogP contribution in [0.5, 0.6) is 0 Å². The molecule has 1 atom stereocenters. The molecule has 1 aromatic heterocycles. The lowest BCUT2D eigenvalue weighted by molar-refractivity contribution is -0.143. The Bertz CT molecular complexity index is 436. The van der Waals surface area contributed by atoms with Gasteiger partial charge in [-0.3, -0.25) is 4.79 Å². The van der Waals surface area contributed by atoms with E-state index in [0.717, 1.165) is 30.5 Å². The first-order valence-electron chi connectivity index (χ1n) is 6.66. The molecule has 0 spiro atoms. The van der Waals surface area contributed by atoms with Crippen LogP contribution in [0.25, 0.3) is 0 Å². The summed E-state index contributed by atoms with van der Waals surface area (Å²) >= 11 is 0. The fourth-order valence-corrected chi connectivity index (χ4v) is 2.69. The van der Waals surface area contributed by atoms with Crippen molar-refractivity contribution < 1.29 is 14.6 Å². The van der Waals surface area contributed by atoms with Crippen molar-refractivity contribution in [1.29, 1.82) is 0 Å². The number of aromatic nitrogens is 1. The lowest BCUT2D eigenvalue weighted by atomic mass is 9.95. The van der Waals surface area contributed by atoms with Gasteiger partial charge in [-0.2, -0.15) is 0 Å². The highest BCUT2D eigenvalue weighted by Crippen LogP contribution is 2.32. The second-order valence-electron chi connectivity index (χ2n) is 4.80. The molecule has 1 aliphatic rings. The van der Waals surface area contributed by atoms with Crippen LogP contribution in [0.1, 0.15) is 49.2 Å². The van der Waals surface area contributed by atoms with Crippen molar-refractivity contribution in [2.24, 2.45) is 0 Å². The van der Waals surface area contributed by atoms with Gasteiger partial charge in [-0.25, -0.2) is 0 Å². The number of hydrogen-bond donors (Lipinski definition) is 1. The number of carbonyl (C=O) groups is 1. The largest absolute Gasteiger partial charge is 0.466 e. The van der Waals surface area contributed by atoms with Gasteiger partial charge in [0, 0.05) is 23.5 Å². The zero-order chi connectivity index (χ0) is 13.1. The maximum Gasteiger partial charge on any atom is 0.307 e. The monoisotopic (exact) mass is 251 g/mol. The molecular formula is C14H21NO3. The van der Waals surface area contributed by atoms with E-state index in [1.165, 1.54) is 5.69 Å². The summed E-state index contributed by atoms with van der Waals surface area (Å²) in [6.07, 6.45) is 2.90. The molecule has 1 N–H and O–H groups in total. The van der Waals surface area contributed by atoms with Gasteiger partial charge in [0.1, 0.15) is 0 Å². The van der Waals surface area contributed by atoms with Gasteiger partial charge in [-0.05, 0) is 39.2 Å². The van der Waals surface area contributed by atoms with Gasteiger partial charge in [0.05, 0.1) is 19.1 Å². The van der Waals surface area contributed by atoms with Gasteiger partial charge >= 0.3 is 5.97 Å². The van der Waals surface area contributed by atoms with Crippen molar-refractivity contribution in [3.8, 4) is 0 Å². The van der Waals surface area contributed by atoms with Crippen LogP contribution in [0.15, 0.2) is 6.07 Å². The Morgan fingerprint density at radius 1 is 1.61 bits per heavy atom. The van der Waals surface area contributed by atoms with Gasteiger partial charge in [0.15, 0.2) is 0 Å². The minimum absolute atomic E-state index is 0.157. The first-order chi connectivity index (χ1) is 8.63. The number of fused-ring (bicyclic) bond motifs is 1. The predicted octanol–water partition coefficient (Wildman–Crippen LogP) is 2.12. The zero-order valence-corrected chi connectivity index (χ0v) is 11.1. The summed E-state index contributed by atoms with van der Waals surface area (Å²) in [4.78, 5) is 11.4. The molecule has 0 amide bonds. The Hall–Kier alpha value is -1.29. The SMILES string of the molecule is CCOC(=O)CCn1c(C)cc2c1CCCC2O. The van der Waals surface area contributed by atoms with E-state index in [4.69, 9.17) is 4.74 Å². The highest BCUT2D eigenvalue weighted by Gasteiger charge is 2.23. The smallest absolute Gasteiger partial charge is 0.307 e. The molecule has 0 fully saturated rings. The van der Waals surface area contributed by atoms with Crippen molar-refractivity contribution in [2.75, 3.05) is 6.61 Å². The number of hydrogen-bond acceptors (Lipinski definition) is 3. The summed E-state index contributed by atoms with van der Waals surface area (Å²) in [6, 6.07) is 2.05. The average Bonchev–Trinajstić information content (AvgIpc) is 2.65. The zero-order valence-electron chi connectivity index (χ0n) is 11.1. The van der Waals surface area contributed by atoms with E-state index in [9.17, 15) is 9.90 Å². The van der Waals surface area contributed by atoms with E-state index in [1.807, 2.05) is 19.9 Å². The number of aryl methyl sites for hydroxylation is 1. The third kappa shape index (κ3) is 2.58. The van der Waals surface area contributed by atoms with E-state index >= 15 is 0 Å². The second kappa shape index (κ2) is 5.57. The number of aliphatic hydroxyl groups is 1. The van der Waals surface area contributed by atoms with Crippen molar-refractivity contribution in [3.63, 3.8) is 0 Å². The number of aliphatic hydroxyl groups excluding tert-OH is 1. The van der Waals surface area contributed by atoms with Crippen molar-refractivity contribution in [2.45, 2.75) is 52.2 Å². The molecule has 1 aliphatic carbocycles. The normalized spacial score (nSPS) is 18.5. The third-order valence-corrected chi connectivity index (χ3v) is 3.54. The molecule has 2 rings (SSSR count). The Kier molecular flexibility index (Phi) is 4.07. The van der Waals surface area contributed by atoms with Crippen LogP contribution in [0.4, 0.5) is 0 Å². The van der Waals surface area contributed by atoms with Crippen LogP contribution in [-0.4, -0.2) is 22.2 Å². The summed E-state index contributed by atoms with van der Waals surface area (Å²) in [5.74, 6) is -0.157. The van der Waals surface area contributed by atoms with E-state index in [-0.39, 0.29) is 12.1 Å².